The second-order valence-electron chi connectivity index (χ2n) is 4.98. The van der Waals surface area contributed by atoms with Crippen LogP contribution in [0.2, 0.25) is 0 Å². The molecule has 0 saturated heterocycles. The fourth-order valence-electron chi connectivity index (χ4n) is 1.80. The minimum absolute atomic E-state index is 0.300. The van der Waals surface area contributed by atoms with E-state index in [-0.39, 0.29) is 0 Å². The molecule has 0 bridgehead atoms. The van der Waals surface area contributed by atoms with Gasteiger partial charge >= 0.3 is 12.0 Å². The van der Waals surface area contributed by atoms with E-state index in [0.717, 1.165) is 15.6 Å². The summed E-state index contributed by atoms with van der Waals surface area (Å²) in [6.07, 6.45) is 0.300. The second-order valence-corrected chi connectivity index (χ2v) is 5.90. The van der Waals surface area contributed by atoms with Gasteiger partial charge in [0.2, 0.25) is 0 Å². The van der Waals surface area contributed by atoms with Crippen LogP contribution in [0.4, 0.5) is 10.5 Å². The molecule has 0 radical (unpaired) electrons. The van der Waals surface area contributed by atoms with Crippen LogP contribution in [0.15, 0.2) is 16.6 Å². The lowest BCUT2D eigenvalue weighted by atomic mass is 10.00. The predicted molar refractivity (Wildman–Crippen MR) is 82.1 cm³/mol. The minimum Gasteiger partial charge on any atom is -0.480 e. The quantitative estimate of drug-likeness (QED) is 0.784. The standard InChI is InChI=1S/C14H19BrN2O3/c1-5-14(4,12(18)19)17-13(20)16-11-8(2)6-10(15)7-9(11)3/h6-7H,5H2,1-4H3,(H,18,19)(H2,16,17,20). The van der Waals surface area contributed by atoms with Crippen LogP contribution in [-0.4, -0.2) is 22.6 Å². The lowest BCUT2D eigenvalue weighted by Gasteiger charge is -2.25. The van der Waals surface area contributed by atoms with Gasteiger partial charge in [0.15, 0.2) is 0 Å². The van der Waals surface area contributed by atoms with Gasteiger partial charge in [-0.25, -0.2) is 9.59 Å². The van der Waals surface area contributed by atoms with Crippen LogP contribution in [0.1, 0.15) is 31.4 Å². The number of anilines is 1. The summed E-state index contributed by atoms with van der Waals surface area (Å²) in [5.74, 6) is -1.06. The van der Waals surface area contributed by atoms with Crippen molar-refractivity contribution in [2.24, 2.45) is 0 Å². The molecule has 1 rings (SSSR count). The number of benzene rings is 1. The van der Waals surface area contributed by atoms with E-state index in [0.29, 0.717) is 12.1 Å². The fraction of sp³-hybridized carbons (Fsp3) is 0.429. The maximum absolute atomic E-state index is 12.0. The number of halogens is 1. The number of carboxylic acids is 1. The number of urea groups is 1. The van der Waals surface area contributed by atoms with Crippen LogP contribution in [0.3, 0.4) is 0 Å². The first-order chi connectivity index (χ1) is 9.19. The highest BCUT2D eigenvalue weighted by Crippen LogP contribution is 2.25. The number of aryl methyl sites for hydroxylation is 2. The van der Waals surface area contributed by atoms with Gasteiger partial charge in [0, 0.05) is 10.2 Å². The number of rotatable bonds is 4. The Kier molecular flexibility index (Phi) is 5.16. The van der Waals surface area contributed by atoms with Gasteiger partial charge in [0.1, 0.15) is 5.54 Å². The van der Waals surface area contributed by atoms with Crippen LogP contribution in [-0.2, 0) is 4.79 Å². The van der Waals surface area contributed by atoms with E-state index in [9.17, 15) is 9.59 Å². The summed E-state index contributed by atoms with van der Waals surface area (Å²) >= 11 is 3.39. The number of hydrogen-bond donors (Lipinski definition) is 3. The van der Waals surface area contributed by atoms with E-state index in [1.165, 1.54) is 6.92 Å². The van der Waals surface area contributed by atoms with Crippen molar-refractivity contribution in [2.75, 3.05) is 5.32 Å². The van der Waals surface area contributed by atoms with E-state index < -0.39 is 17.5 Å². The van der Waals surface area contributed by atoms with E-state index in [2.05, 4.69) is 26.6 Å². The molecular formula is C14H19BrN2O3. The highest BCUT2D eigenvalue weighted by molar-refractivity contribution is 9.10. The topological polar surface area (TPSA) is 78.4 Å². The van der Waals surface area contributed by atoms with Crippen molar-refractivity contribution in [3.05, 3.63) is 27.7 Å². The van der Waals surface area contributed by atoms with Crippen molar-refractivity contribution in [3.63, 3.8) is 0 Å². The average Bonchev–Trinajstić information content (AvgIpc) is 2.33. The molecule has 0 aliphatic heterocycles. The molecule has 110 valence electrons. The van der Waals surface area contributed by atoms with E-state index >= 15 is 0 Å². The first-order valence-corrected chi connectivity index (χ1v) is 7.08. The third kappa shape index (κ3) is 3.72. The lowest BCUT2D eigenvalue weighted by Crippen LogP contribution is -2.53. The molecular weight excluding hydrogens is 324 g/mol. The maximum Gasteiger partial charge on any atom is 0.329 e. The van der Waals surface area contributed by atoms with Crippen LogP contribution in [0.5, 0.6) is 0 Å². The summed E-state index contributed by atoms with van der Waals surface area (Å²) in [6.45, 7) is 6.95. The molecule has 20 heavy (non-hydrogen) atoms. The monoisotopic (exact) mass is 342 g/mol. The van der Waals surface area contributed by atoms with Gasteiger partial charge in [-0.15, -0.1) is 0 Å². The van der Waals surface area contributed by atoms with Crippen LogP contribution >= 0.6 is 15.9 Å². The van der Waals surface area contributed by atoms with Crippen molar-refractivity contribution in [2.45, 2.75) is 39.7 Å². The molecule has 0 saturated carbocycles. The summed E-state index contributed by atoms with van der Waals surface area (Å²) in [6, 6.07) is 3.25. The molecule has 1 atom stereocenters. The first-order valence-electron chi connectivity index (χ1n) is 6.29. The molecule has 1 aromatic carbocycles. The Hall–Kier alpha value is -1.56. The van der Waals surface area contributed by atoms with Crippen molar-refractivity contribution < 1.29 is 14.7 Å². The largest absolute Gasteiger partial charge is 0.480 e. The molecule has 0 fully saturated rings. The van der Waals surface area contributed by atoms with E-state index in [1.54, 1.807) is 6.92 Å². The van der Waals surface area contributed by atoms with Crippen LogP contribution in [0, 0.1) is 13.8 Å². The highest BCUT2D eigenvalue weighted by atomic mass is 79.9. The van der Waals surface area contributed by atoms with Crippen molar-refractivity contribution >= 4 is 33.6 Å². The number of amides is 2. The molecule has 1 aromatic rings. The third-order valence-electron chi connectivity index (χ3n) is 3.30. The Morgan fingerprint density at radius 1 is 1.30 bits per heavy atom. The average molecular weight is 343 g/mol. The number of carbonyl (C=O) groups excluding carboxylic acids is 1. The molecule has 1 unspecified atom stereocenters. The minimum atomic E-state index is -1.28. The fourth-order valence-corrected chi connectivity index (χ4v) is 2.48. The zero-order chi connectivity index (χ0) is 15.5. The van der Waals surface area contributed by atoms with Gasteiger partial charge < -0.3 is 15.7 Å². The van der Waals surface area contributed by atoms with Gasteiger partial charge in [-0.1, -0.05) is 22.9 Å². The van der Waals surface area contributed by atoms with Crippen LogP contribution < -0.4 is 10.6 Å². The Bertz CT molecular complexity index is 522. The van der Waals surface area contributed by atoms with Gasteiger partial charge in [0.25, 0.3) is 0 Å². The number of carbonyl (C=O) groups is 2. The Balaban J connectivity index is 2.90. The van der Waals surface area contributed by atoms with Gasteiger partial charge in [0.05, 0.1) is 0 Å². The Morgan fingerprint density at radius 2 is 1.80 bits per heavy atom. The normalized spacial score (nSPS) is 13.4. The highest BCUT2D eigenvalue weighted by Gasteiger charge is 2.32. The molecule has 6 heteroatoms. The lowest BCUT2D eigenvalue weighted by molar-refractivity contribution is -0.143. The number of carboxylic acid groups (broad SMARTS) is 1. The van der Waals surface area contributed by atoms with Gasteiger partial charge in [-0.05, 0) is 50.5 Å². The first kappa shape index (κ1) is 16.5. The SMILES string of the molecule is CCC(C)(NC(=O)Nc1c(C)cc(Br)cc1C)C(=O)O. The predicted octanol–water partition coefficient (Wildman–Crippen LogP) is 3.44. The molecule has 2 amide bonds. The zero-order valence-corrected chi connectivity index (χ0v) is 13.6. The molecule has 0 aromatic heterocycles. The van der Waals surface area contributed by atoms with Crippen molar-refractivity contribution in [1.82, 2.24) is 5.32 Å². The molecule has 0 aliphatic rings. The van der Waals surface area contributed by atoms with Gasteiger partial charge in [-0.3, -0.25) is 0 Å². The number of aliphatic carboxylic acids is 1. The number of hydrogen-bond acceptors (Lipinski definition) is 2. The van der Waals surface area contributed by atoms with Gasteiger partial charge in [-0.2, -0.15) is 0 Å². The summed E-state index contributed by atoms with van der Waals surface area (Å²) < 4.78 is 0.933. The smallest absolute Gasteiger partial charge is 0.329 e. The second kappa shape index (κ2) is 6.26. The van der Waals surface area contributed by atoms with Crippen LogP contribution in [0.25, 0.3) is 0 Å². The van der Waals surface area contributed by atoms with E-state index in [4.69, 9.17) is 5.11 Å². The summed E-state index contributed by atoms with van der Waals surface area (Å²) in [7, 11) is 0. The molecule has 0 aliphatic carbocycles. The van der Waals surface area contributed by atoms with E-state index in [1.807, 2.05) is 26.0 Å². The Morgan fingerprint density at radius 3 is 2.20 bits per heavy atom. The summed E-state index contributed by atoms with van der Waals surface area (Å²) in [5.41, 5.74) is 1.22. The maximum atomic E-state index is 12.0. The molecule has 3 N–H and O–H groups in total. The molecule has 0 heterocycles. The number of nitrogens with one attached hydrogen (secondary N) is 2. The Labute approximate surface area is 126 Å². The zero-order valence-electron chi connectivity index (χ0n) is 12.0. The van der Waals surface area contributed by atoms with Crippen molar-refractivity contribution in [3.8, 4) is 0 Å². The molecule has 5 nitrogen and oxygen atoms in total. The summed E-state index contributed by atoms with van der Waals surface area (Å²) in [5, 5.41) is 14.4. The third-order valence-corrected chi connectivity index (χ3v) is 3.76. The van der Waals surface area contributed by atoms with Crippen molar-refractivity contribution in [1.29, 1.82) is 0 Å². The molecule has 0 spiro atoms. The summed E-state index contributed by atoms with van der Waals surface area (Å²) in [4.78, 5) is 23.2.